The van der Waals surface area contributed by atoms with E-state index in [-0.39, 0.29) is 6.61 Å². The average molecular weight is 203 g/mol. The number of hydrogen-bond acceptors (Lipinski definition) is 3. The van der Waals surface area contributed by atoms with Crippen molar-refractivity contribution >= 4 is 17.6 Å². The van der Waals surface area contributed by atoms with Crippen LogP contribution < -0.4 is 0 Å². The van der Waals surface area contributed by atoms with Gasteiger partial charge in [-0.25, -0.2) is 4.79 Å². The summed E-state index contributed by atoms with van der Waals surface area (Å²) in [6.07, 6.45) is 8.01. The van der Waals surface area contributed by atoms with Crippen molar-refractivity contribution in [3.8, 4) is 0 Å². The van der Waals surface area contributed by atoms with Crippen molar-refractivity contribution in [1.82, 2.24) is 0 Å². The molecule has 0 amide bonds. The average Bonchev–Trinajstić information content (AvgIpc) is 2.15. The first-order valence-corrected chi connectivity index (χ1v) is 4.29. The largest absolute Gasteiger partial charge is 0.467 e. The molecule has 0 unspecified atom stereocenters. The molecule has 1 rings (SSSR count). The van der Waals surface area contributed by atoms with Crippen molar-refractivity contribution in [2.75, 3.05) is 13.7 Å². The van der Waals surface area contributed by atoms with Crippen molar-refractivity contribution in [2.45, 2.75) is 11.5 Å². The summed E-state index contributed by atoms with van der Waals surface area (Å²) in [5.41, 5.74) is 0. The number of carbonyl (C=O) groups is 1. The predicted octanol–water partition coefficient (Wildman–Crippen LogP) is 1.63. The Labute approximate surface area is 82.0 Å². The van der Waals surface area contributed by atoms with Crippen LogP contribution in [0.15, 0.2) is 24.3 Å². The van der Waals surface area contributed by atoms with E-state index in [4.69, 9.17) is 16.3 Å². The molecule has 0 aromatic rings. The Balaban J connectivity index is 2.43. The van der Waals surface area contributed by atoms with Crippen LogP contribution in [0.1, 0.15) is 6.42 Å². The number of carbonyl (C=O) groups excluding carboxylic acids is 1. The first kappa shape index (κ1) is 10.3. The normalized spacial score (nSPS) is 18.6. The molecular weight excluding hydrogens is 192 g/mol. The fourth-order valence-electron chi connectivity index (χ4n) is 0.916. The summed E-state index contributed by atoms with van der Waals surface area (Å²) >= 11 is 5.97. The molecule has 0 fully saturated rings. The molecule has 0 saturated heterocycles. The molecule has 1 aliphatic rings. The summed E-state index contributed by atoms with van der Waals surface area (Å²) in [7, 11) is 1.30. The minimum Gasteiger partial charge on any atom is -0.467 e. The molecule has 0 aromatic heterocycles. The summed E-state index contributed by atoms with van der Waals surface area (Å²) in [4.78, 5) is 10.7. The van der Waals surface area contributed by atoms with E-state index in [0.29, 0.717) is 0 Å². The summed E-state index contributed by atoms with van der Waals surface area (Å²) < 4.78 is 9.56. The summed E-state index contributed by atoms with van der Waals surface area (Å²) in [5, 5.41) is -0.980. The van der Waals surface area contributed by atoms with Crippen LogP contribution >= 0.6 is 11.6 Å². The SMILES string of the molecule is COC(=O)COC1(Cl)C=CCC=C1. The van der Waals surface area contributed by atoms with Crippen molar-refractivity contribution in [3.05, 3.63) is 24.3 Å². The van der Waals surface area contributed by atoms with Gasteiger partial charge in [0.1, 0.15) is 6.61 Å². The smallest absolute Gasteiger partial charge is 0.331 e. The number of methoxy groups -OCH3 is 1. The highest BCUT2D eigenvalue weighted by Crippen LogP contribution is 2.24. The second-order valence-electron chi connectivity index (χ2n) is 2.60. The fourth-order valence-corrected chi connectivity index (χ4v) is 1.15. The van der Waals surface area contributed by atoms with Gasteiger partial charge in [0.05, 0.1) is 7.11 Å². The van der Waals surface area contributed by atoms with Crippen molar-refractivity contribution in [3.63, 3.8) is 0 Å². The Hall–Kier alpha value is -0.800. The highest BCUT2D eigenvalue weighted by molar-refractivity contribution is 6.25. The van der Waals surface area contributed by atoms with Gasteiger partial charge < -0.3 is 9.47 Å². The van der Waals surface area contributed by atoms with Crippen molar-refractivity contribution < 1.29 is 14.3 Å². The van der Waals surface area contributed by atoms with Crippen molar-refractivity contribution in [1.29, 1.82) is 0 Å². The van der Waals surface area contributed by atoms with Crippen LogP contribution in [0.2, 0.25) is 0 Å². The minimum absolute atomic E-state index is 0.144. The highest BCUT2D eigenvalue weighted by Gasteiger charge is 2.23. The van der Waals surface area contributed by atoms with E-state index in [2.05, 4.69) is 4.74 Å². The van der Waals surface area contributed by atoms with Gasteiger partial charge in [-0.2, -0.15) is 0 Å². The monoisotopic (exact) mass is 202 g/mol. The van der Waals surface area contributed by atoms with E-state index in [0.717, 1.165) is 6.42 Å². The van der Waals surface area contributed by atoms with Gasteiger partial charge in [-0.1, -0.05) is 23.8 Å². The topological polar surface area (TPSA) is 35.5 Å². The first-order chi connectivity index (χ1) is 6.16. The molecule has 0 aromatic carbocycles. The zero-order chi connectivity index (χ0) is 9.73. The maximum Gasteiger partial charge on any atom is 0.331 e. The van der Waals surface area contributed by atoms with Gasteiger partial charge in [-0.05, 0) is 18.6 Å². The quantitative estimate of drug-likeness (QED) is 0.397. The number of alkyl halides is 1. The van der Waals surface area contributed by atoms with Gasteiger partial charge in [0, 0.05) is 0 Å². The molecule has 13 heavy (non-hydrogen) atoms. The van der Waals surface area contributed by atoms with E-state index in [1.165, 1.54) is 7.11 Å². The van der Waals surface area contributed by atoms with Crippen molar-refractivity contribution in [2.24, 2.45) is 0 Å². The molecule has 72 valence electrons. The van der Waals surface area contributed by atoms with Crippen LogP contribution in [0.4, 0.5) is 0 Å². The third-order valence-electron chi connectivity index (χ3n) is 1.60. The molecule has 4 heteroatoms. The number of esters is 1. The maximum absolute atomic E-state index is 10.7. The molecule has 0 atom stereocenters. The third kappa shape index (κ3) is 3.20. The fraction of sp³-hybridized carbons (Fsp3) is 0.444. The van der Waals surface area contributed by atoms with Crippen LogP contribution in [0.3, 0.4) is 0 Å². The lowest BCUT2D eigenvalue weighted by Crippen LogP contribution is -2.25. The second-order valence-corrected chi connectivity index (χ2v) is 3.19. The number of ether oxygens (including phenoxy) is 2. The standard InChI is InChI=1S/C9H11ClO3/c1-12-8(11)7-13-9(10)5-3-2-4-6-9/h3-6H,2,7H2,1H3. The Morgan fingerprint density at radius 2 is 2.15 bits per heavy atom. The predicted molar refractivity (Wildman–Crippen MR) is 49.4 cm³/mol. The van der Waals surface area contributed by atoms with Gasteiger partial charge in [0.15, 0.2) is 5.06 Å². The lowest BCUT2D eigenvalue weighted by atomic mass is 10.1. The lowest BCUT2D eigenvalue weighted by Gasteiger charge is -2.21. The Bertz CT molecular complexity index is 233. The zero-order valence-electron chi connectivity index (χ0n) is 7.33. The Morgan fingerprint density at radius 1 is 1.54 bits per heavy atom. The number of rotatable bonds is 3. The third-order valence-corrected chi connectivity index (χ3v) is 1.96. The number of hydrogen-bond donors (Lipinski definition) is 0. The summed E-state index contributed by atoms with van der Waals surface area (Å²) in [6.45, 7) is -0.144. The first-order valence-electron chi connectivity index (χ1n) is 3.91. The highest BCUT2D eigenvalue weighted by atomic mass is 35.5. The van der Waals surface area contributed by atoms with Gasteiger partial charge in [0.25, 0.3) is 0 Å². The molecular formula is C9H11ClO3. The van der Waals surface area contributed by atoms with E-state index < -0.39 is 11.0 Å². The molecule has 1 aliphatic carbocycles. The van der Waals surface area contributed by atoms with Crippen LogP contribution in [-0.4, -0.2) is 24.7 Å². The molecule has 0 radical (unpaired) electrons. The lowest BCUT2D eigenvalue weighted by molar-refractivity contribution is -0.147. The Morgan fingerprint density at radius 3 is 2.69 bits per heavy atom. The van der Waals surface area contributed by atoms with Gasteiger partial charge in [-0.3, -0.25) is 0 Å². The zero-order valence-corrected chi connectivity index (χ0v) is 8.08. The Kier molecular flexibility index (Phi) is 3.51. The molecule has 3 nitrogen and oxygen atoms in total. The molecule has 0 aliphatic heterocycles. The van der Waals surface area contributed by atoms with E-state index in [9.17, 15) is 4.79 Å². The summed E-state index contributed by atoms with van der Waals surface area (Å²) in [5.74, 6) is -0.438. The minimum atomic E-state index is -0.980. The van der Waals surface area contributed by atoms with Gasteiger partial charge >= 0.3 is 5.97 Å². The number of allylic oxidation sites excluding steroid dienone is 2. The van der Waals surface area contributed by atoms with Crippen LogP contribution in [-0.2, 0) is 14.3 Å². The molecule has 0 bridgehead atoms. The van der Waals surface area contributed by atoms with Crippen LogP contribution in [0.25, 0.3) is 0 Å². The molecule has 0 saturated carbocycles. The van der Waals surface area contributed by atoms with Gasteiger partial charge in [-0.15, -0.1) is 0 Å². The molecule has 0 heterocycles. The molecule has 0 N–H and O–H groups in total. The molecule has 0 spiro atoms. The number of halogens is 1. The van der Waals surface area contributed by atoms with Gasteiger partial charge in [0.2, 0.25) is 0 Å². The van der Waals surface area contributed by atoms with E-state index in [1.807, 2.05) is 12.2 Å². The second kappa shape index (κ2) is 4.44. The van der Waals surface area contributed by atoms with Crippen LogP contribution in [0.5, 0.6) is 0 Å². The summed E-state index contributed by atoms with van der Waals surface area (Å²) in [6, 6.07) is 0. The maximum atomic E-state index is 10.7. The van der Waals surface area contributed by atoms with E-state index >= 15 is 0 Å². The van der Waals surface area contributed by atoms with E-state index in [1.54, 1.807) is 12.2 Å². The van der Waals surface area contributed by atoms with Crippen LogP contribution in [0, 0.1) is 0 Å².